The second-order valence-electron chi connectivity index (χ2n) is 4.91. The van der Waals surface area contributed by atoms with Gasteiger partial charge in [0.05, 0.1) is 0 Å². The van der Waals surface area contributed by atoms with Gasteiger partial charge in [0.15, 0.2) is 0 Å². The minimum atomic E-state index is -0.568. The predicted octanol–water partition coefficient (Wildman–Crippen LogP) is 3.82. The van der Waals surface area contributed by atoms with Crippen LogP contribution in [0.1, 0.15) is 28.3 Å². The monoisotopic (exact) mass is 261 g/mol. The highest BCUT2D eigenvalue weighted by molar-refractivity contribution is 5.34. The third kappa shape index (κ3) is 3.18. The molecule has 0 saturated heterocycles. The molecule has 1 unspecified atom stereocenters. The van der Waals surface area contributed by atoms with Gasteiger partial charge in [-0.15, -0.1) is 0 Å². The number of nitrogens with two attached hydrogens (primary N) is 1. The molecular formula is C16H17F2N. The van der Waals surface area contributed by atoms with E-state index in [1.807, 2.05) is 32.0 Å². The molecule has 0 fully saturated rings. The van der Waals surface area contributed by atoms with Crippen LogP contribution in [0.4, 0.5) is 8.78 Å². The van der Waals surface area contributed by atoms with Crippen LogP contribution in [0.3, 0.4) is 0 Å². The standard InChI is InChI=1S/C16H17F2N/c1-10-3-4-11(2)14(7-10)16(19)8-12-5-6-13(17)9-15(12)18/h3-7,9,16H,8,19H2,1-2H3. The first-order chi connectivity index (χ1) is 8.97. The molecule has 3 heteroatoms. The molecule has 1 atom stereocenters. The highest BCUT2D eigenvalue weighted by atomic mass is 19.1. The molecule has 1 nitrogen and oxygen atoms in total. The van der Waals surface area contributed by atoms with Gasteiger partial charge < -0.3 is 5.73 Å². The minimum Gasteiger partial charge on any atom is -0.324 e. The summed E-state index contributed by atoms with van der Waals surface area (Å²) in [6.45, 7) is 3.98. The van der Waals surface area contributed by atoms with Crippen molar-refractivity contribution in [1.29, 1.82) is 0 Å². The molecule has 100 valence electrons. The Balaban J connectivity index is 2.25. The maximum absolute atomic E-state index is 13.6. The average Bonchev–Trinajstić information content (AvgIpc) is 2.35. The molecule has 2 N–H and O–H groups in total. The van der Waals surface area contributed by atoms with Crippen LogP contribution in [0.25, 0.3) is 0 Å². The maximum atomic E-state index is 13.6. The summed E-state index contributed by atoms with van der Waals surface area (Å²) >= 11 is 0. The first-order valence-electron chi connectivity index (χ1n) is 6.24. The van der Waals surface area contributed by atoms with Gasteiger partial charge >= 0.3 is 0 Å². The smallest absolute Gasteiger partial charge is 0.129 e. The molecule has 0 amide bonds. The van der Waals surface area contributed by atoms with Gasteiger partial charge in [-0.05, 0) is 43.0 Å². The Bertz CT molecular complexity index is 593. The Morgan fingerprint density at radius 1 is 1.05 bits per heavy atom. The van der Waals surface area contributed by atoms with Gasteiger partial charge in [-0.1, -0.05) is 29.8 Å². The van der Waals surface area contributed by atoms with Gasteiger partial charge in [-0.2, -0.15) is 0 Å². The van der Waals surface area contributed by atoms with E-state index < -0.39 is 11.6 Å². The lowest BCUT2D eigenvalue weighted by Crippen LogP contribution is -2.15. The van der Waals surface area contributed by atoms with Gasteiger partial charge in [0, 0.05) is 12.1 Å². The van der Waals surface area contributed by atoms with Crippen LogP contribution in [0.15, 0.2) is 36.4 Å². The van der Waals surface area contributed by atoms with E-state index in [-0.39, 0.29) is 6.04 Å². The first kappa shape index (κ1) is 13.7. The van der Waals surface area contributed by atoms with Crippen molar-refractivity contribution in [2.24, 2.45) is 5.73 Å². The molecule has 0 aromatic heterocycles. The summed E-state index contributed by atoms with van der Waals surface area (Å²) in [7, 11) is 0. The van der Waals surface area contributed by atoms with Crippen LogP contribution in [-0.2, 0) is 6.42 Å². The number of hydrogen-bond acceptors (Lipinski definition) is 1. The molecule has 0 aliphatic rings. The minimum absolute atomic E-state index is 0.292. The zero-order valence-corrected chi connectivity index (χ0v) is 11.1. The lowest BCUT2D eigenvalue weighted by atomic mass is 9.94. The Morgan fingerprint density at radius 2 is 1.79 bits per heavy atom. The number of hydrogen-bond donors (Lipinski definition) is 1. The van der Waals surface area contributed by atoms with Gasteiger partial charge in [-0.25, -0.2) is 8.78 Å². The van der Waals surface area contributed by atoms with E-state index in [2.05, 4.69) is 0 Å². The molecule has 0 heterocycles. The van der Waals surface area contributed by atoms with Crippen molar-refractivity contribution in [2.75, 3.05) is 0 Å². The summed E-state index contributed by atoms with van der Waals surface area (Å²) in [6, 6.07) is 9.35. The van der Waals surface area contributed by atoms with Crippen LogP contribution in [0.5, 0.6) is 0 Å². The summed E-state index contributed by atoms with van der Waals surface area (Å²) in [4.78, 5) is 0. The van der Waals surface area contributed by atoms with Crippen LogP contribution in [0.2, 0.25) is 0 Å². The SMILES string of the molecule is Cc1ccc(C)c(C(N)Cc2ccc(F)cc2F)c1. The van der Waals surface area contributed by atoms with E-state index >= 15 is 0 Å². The molecule has 19 heavy (non-hydrogen) atoms. The Hall–Kier alpha value is -1.74. The molecule has 0 bridgehead atoms. The summed E-state index contributed by atoms with van der Waals surface area (Å²) in [5.41, 5.74) is 9.79. The Morgan fingerprint density at radius 3 is 2.47 bits per heavy atom. The Labute approximate surface area is 112 Å². The fourth-order valence-corrected chi connectivity index (χ4v) is 2.19. The molecular weight excluding hydrogens is 244 g/mol. The van der Waals surface area contributed by atoms with Gasteiger partial charge in [-0.3, -0.25) is 0 Å². The van der Waals surface area contributed by atoms with E-state index in [9.17, 15) is 8.78 Å². The normalized spacial score (nSPS) is 12.5. The molecule has 0 spiro atoms. The van der Waals surface area contributed by atoms with E-state index in [1.165, 1.54) is 12.1 Å². The molecule has 0 saturated carbocycles. The number of aryl methyl sites for hydroxylation is 2. The van der Waals surface area contributed by atoms with Crippen molar-refractivity contribution >= 4 is 0 Å². The Kier molecular flexibility index (Phi) is 3.96. The van der Waals surface area contributed by atoms with Crippen molar-refractivity contribution in [3.63, 3.8) is 0 Å². The van der Waals surface area contributed by atoms with E-state index in [1.54, 1.807) is 0 Å². The second kappa shape index (κ2) is 5.49. The summed E-state index contributed by atoms with van der Waals surface area (Å²) < 4.78 is 26.5. The van der Waals surface area contributed by atoms with Crippen molar-refractivity contribution < 1.29 is 8.78 Å². The van der Waals surface area contributed by atoms with Crippen molar-refractivity contribution in [3.05, 3.63) is 70.3 Å². The molecule has 0 radical (unpaired) electrons. The highest BCUT2D eigenvalue weighted by Crippen LogP contribution is 2.22. The molecule has 0 aliphatic heterocycles. The average molecular weight is 261 g/mol. The third-order valence-electron chi connectivity index (χ3n) is 3.29. The van der Waals surface area contributed by atoms with Crippen LogP contribution in [-0.4, -0.2) is 0 Å². The molecule has 2 rings (SSSR count). The predicted molar refractivity (Wildman–Crippen MR) is 72.9 cm³/mol. The van der Waals surface area contributed by atoms with Crippen LogP contribution >= 0.6 is 0 Å². The van der Waals surface area contributed by atoms with Crippen molar-refractivity contribution in [3.8, 4) is 0 Å². The maximum Gasteiger partial charge on any atom is 0.129 e. The van der Waals surface area contributed by atoms with Crippen molar-refractivity contribution in [2.45, 2.75) is 26.3 Å². The largest absolute Gasteiger partial charge is 0.324 e. The summed E-state index contributed by atoms with van der Waals surface area (Å²) in [5.74, 6) is -1.11. The van der Waals surface area contributed by atoms with E-state index in [0.29, 0.717) is 12.0 Å². The van der Waals surface area contributed by atoms with E-state index in [4.69, 9.17) is 5.73 Å². The lowest BCUT2D eigenvalue weighted by Gasteiger charge is -2.16. The molecule has 0 aliphatic carbocycles. The van der Waals surface area contributed by atoms with Gasteiger partial charge in [0.25, 0.3) is 0 Å². The molecule has 2 aromatic carbocycles. The zero-order valence-electron chi connectivity index (χ0n) is 11.1. The fraction of sp³-hybridized carbons (Fsp3) is 0.250. The van der Waals surface area contributed by atoms with Crippen LogP contribution < -0.4 is 5.73 Å². The third-order valence-corrected chi connectivity index (χ3v) is 3.29. The first-order valence-corrected chi connectivity index (χ1v) is 6.24. The number of benzene rings is 2. The topological polar surface area (TPSA) is 26.0 Å². The van der Waals surface area contributed by atoms with Gasteiger partial charge in [0.1, 0.15) is 11.6 Å². The fourth-order valence-electron chi connectivity index (χ4n) is 2.19. The van der Waals surface area contributed by atoms with Gasteiger partial charge in [0.2, 0.25) is 0 Å². The quantitative estimate of drug-likeness (QED) is 0.893. The second-order valence-corrected chi connectivity index (χ2v) is 4.91. The molecule has 2 aromatic rings. The zero-order chi connectivity index (χ0) is 14.0. The number of halogens is 2. The highest BCUT2D eigenvalue weighted by Gasteiger charge is 2.13. The van der Waals surface area contributed by atoms with E-state index in [0.717, 1.165) is 22.8 Å². The van der Waals surface area contributed by atoms with Crippen molar-refractivity contribution in [1.82, 2.24) is 0 Å². The summed E-state index contributed by atoms with van der Waals surface area (Å²) in [6.07, 6.45) is 0.358. The number of rotatable bonds is 3. The van der Waals surface area contributed by atoms with Crippen LogP contribution in [0, 0.1) is 25.5 Å². The lowest BCUT2D eigenvalue weighted by molar-refractivity contribution is 0.562. The summed E-state index contributed by atoms with van der Waals surface area (Å²) in [5, 5.41) is 0.